The normalized spacial score (nSPS) is 11.7. The van der Waals surface area contributed by atoms with Crippen LogP contribution in [0.5, 0.6) is 11.5 Å². The predicted molar refractivity (Wildman–Crippen MR) is 94.9 cm³/mol. The standard InChI is InChI=1S/C17H27N3O5/c1-4-8-19-17(21)7-6-9-25-16-11-14(20(22)23)12(13(18)5-2)10-15(16)24-3/h10-11,13H,4-9,18H2,1-3H3,(H,19,21). The highest BCUT2D eigenvalue weighted by Gasteiger charge is 2.23. The van der Waals surface area contributed by atoms with E-state index in [9.17, 15) is 14.9 Å². The largest absolute Gasteiger partial charge is 0.493 e. The number of nitrogens with one attached hydrogen (secondary N) is 1. The van der Waals surface area contributed by atoms with E-state index in [-0.39, 0.29) is 24.0 Å². The Morgan fingerprint density at radius 1 is 1.36 bits per heavy atom. The highest BCUT2D eigenvalue weighted by Crippen LogP contribution is 2.37. The smallest absolute Gasteiger partial charge is 0.278 e. The van der Waals surface area contributed by atoms with E-state index < -0.39 is 11.0 Å². The molecule has 1 unspecified atom stereocenters. The van der Waals surface area contributed by atoms with Crippen LogP contribution in [0, 0.1) is 10.1 Å². The molecule has 3 N–H and O–H groups in total. The number of nitro groups is 1. The van der Waals surface area contributed by atoms with Gasteiger partial charge in [-0.05, 0) is 25.3 Å². The molecule has 1 aromatic carbocycles. The van der Waals surface area contributed by atoms with Gasteiger partial charge in [0.25, 0.3) is 5.69 Å². The minimum absolute atomic E-state index is 0.0346. The number of ether oxygens (including phenoxy) is 2. The first-order valence-electron chi connectivity index (χ1n) is 8.45. The lowest BCUT2D eigenvalue weighted by atomic mass is 10.0. The van der Waals surface area contributed by atoms with Crippen molar-refractivity contribution < 1.29 is 19.2 Å². The lowest BCUT2D eigenvalue weighted by Crippen LogP contribution is -2.24. The fraction of sp³-hybridized carbons (Fsp3) is 0.588. The summed E-state index contributed by atoms with van der Waals surface area (Å²) in [6.07, 6.45) is 2.29. The van der Waals surface area contributed by atoms with Gasteiger partial charge in [0.1, 0.15) is 0 Å². The summed E-state index contributed by atoms with van der Waals surface area (Å²) in [4.78, 5) is 22.4. The Kier molecular flexibility index (Phi) is 8.69. The zero-order valence-electron chi connectivity index (χ0n) is 15.0. The van der Waals surface area contributed by atoms with Gasteiger partial charge in [-0.2, -0.15) is 0 Å². The lowest BCUT2D eigenvalue weighted by Gasteiger charge is -2.15. The summed E-state index contributed by atoms with van der Waals surface area (Å²) in [7, 11) is 1.47. The molecule has 0 aromatic heterocycles. The molecule has 1 aromatic rings. The SMILES string of the molecule is CCCNC(=O)CCCOc1cc([N+](=O)[O-])c(C(N)CC)cc1OC. The third-order valence-corrected chi connectivity index (χ3v) is 3.73. The maximum Gasteiger partial charge on any atom is 0.278 e. The number of methoxy groups -OCH3 is 1. The highest BCUT2D eigenvalue weighted by atomic mass is 16.6. The summed E-state index contributed by atoms with van der Waals surface area (Å²) < 4.78 is 10.9. The highest BCUT2D eigenvalue weighted by molar-refractivity contribution is 5.75. The molecule has 0 aliphatic carbocycles. The first-order chi connectivity index (χ1) is 11.9. The number of nitrogens with two attached hydrogens (primary N) is 1. The summed E-state index contributed by atoms with van der Waals surface area (Å²) in [5.41, 5.74) is 6.28. The van der Waals surface area contributed by atoms with Crippen LogP contribution in [0.15, 0.2) is 12.1 Å². The van der Waals surface area contributed by atoms with E-state index in [1.807, 2.05) is 13.8 Å². The summed E-state index contributed by atoms with van der Waals surface area (Å²) in [6, 6.07) is 2.43. The fourth-order valence-electron chi connectivity index (χ4n) is 2.28. The molecule has 0 aliphatic heterocycles. The zero-order chi connectivity index (χ0) is 18.8. The zero-order valence-corrected chi connectivity index (χ0v) is 15.0. The minimum atomic E-state index is -0.477. The summed E-state index contributed by atoms with van der Waals surface area (Å²) >= 11 is 0. The van der Waals surface area contributed by atoms with Crippen LogP contribution in [-0.4, -0.2) is 31.1 Å². The number of rotatable bonds is 11. The van der Waals surface area contributed by atoms with Gasteiger partial charge in [0.2, 0.25) is 5.91 Å². The second-order valence-electron chi connectivity index (χ2n) is 5.64. The quantitative estimate of drug-likeness (QED) is 0.359. The molecule has 0 bridgehead atoms. The van der Waals surface area contributed by atoms with Crippen molar-refractivity contribution >= 4 is 11.6 Å². The maximum absolute atomic E-state index is 11.5. The van der Waals surface area contributed by atoms with Gasteiger partial charge in [0.15, 0.2) is 11.5 Å². The van der Waals surface area contributed by atoms with Gasteiger partial charge in [0.05, 0.1) is 30.3 Å². The average Bonchev–Trinajstić information content (AvgIpc) is 2.61. The Morgan fingerprint density at radius 2 is 2.08 bits per heavy atom. The molecule has 8 nitrogen and oxygen atoms in total. The van der Waals surface area contributed by atoms with Gasteiger partial charge in [-0.15, -0.1) is 0 Å². The maximum atomic E-state index is 11.5. The third-order valence-electron chi connectivity index (χ3n) is 3.73. The van der Waals surface area contributed by atoms with E-state index in [2.05, 4.69) is 5.32 Å². The van der Waals surface area contributed by atoms with Crippen molar-refractivity contribution in [3.05, 3.63) is 27.8 Å². The Hall–Kier alpha value is -2.35. The van der Waals surface area contributed by atoms with Crippen LogP contribution in [0.25, 0.3) is 0 Å². The van der Waals surface area contributed by atoms with Gasteiger partial charge >= 0.3 is 0 Å². The van der Waals surface area contributed by atoms with Crippen LogP contribution in [0.4, 0.5) is 5.69 Å². The van der Waals surface area contributed by atoms with Crippen LogP contribution >= 0.6 is 0 Å². The molecule has 0 radical (unpaired) electrons. The molecule has 1 atom stereocenters. The molecular weight excluding hydrogens is 326 g/mol. The van der Waals surface area contributed by atoms with Crippen molar-refractivity contribution in [2.45, 2.75) is 45.6 Å². The molecule has 0 fully saturated rings. The van der Waals surface area contributed by atoms with Crippen molar-refractivity contribution in [2.24, 2.45) is 5.73 Å². The average molecular weight is 353 g/mol. The summed E-state index contributed by atoms with van der Waals surface area (Å²) in [5.74, 6) is 0.628. The topological polar surface area (TPSA) is 117 Å². The van der Waals surface area contributed by atoms with E-state index in [4.69, 9.17) is 15.2 Å². The number of benzene rings is 1. The lowest BCUT2D eigenvalue weighted by molar-refractivity contribution is -0.385. The number of nitrogens with zero attached hydrogens (tertiary/aromatic N) is 1. The van der Waals surface area contributed by atoms with E-state index >= 15 is 0 Å². The number of hydrogen-bond acceptors (Lipinski definition) is 6. The Labute approximate surface area is 147 Å². The van der Waals surface area contributed by atoms with Crippen LogP contribution in [0.1, 0.15) is 51.1 Å². The Morgan fingerprint density at radius 3 is 2.64 bits per heavy atom. The Balaban J connectivity index is 2.80. The number of nitro benzene ring substituents is 1. The predicted octanol–water partition coefficient (Wildman–Crippen LogP) is 2.70. The monoisotopic (exact) mass is 353 g/mol. The molecule has 140 valence electrons. The van der Waals surface area contributed by atoms with E-state index in [1.54, 1.807) is 6.07 Å². The summed E-state index contributed by atoms with van der Waals surface area (Å²) in [5, 5.41) is 14.1. The van der Waals surface area contributed by atoms with Gasteiger partial charge in [-0.25, -0.2) is 0 Å². The molecule has 8 heteroatoms. The first-order valence-corrected chi connectivity index (χ1v) is 8.45. The van der Waals surface area contributed by atoms with E-state index in [0.29, 0.717) is 37.1 Å². The van der Waals surface area contributed by atoms with Crippen LogP contribution in [0.3, 0.4) is 0 Å². The molecule has 1 amide bonds. The number of carbonyl (C=O) groups excluding carboxylic acids is 1. The molecule has 0 heterocycles. The van der Waals surface area contributed by atoms with Crippen LogP contribution in [0.2, 0.25) is 0 Å². The second-order valence-corrected chi connectivity index (χ2v) is 5.64. The number of amides is 1. The van der Waals surface area contributed by atoms with Crippen molar-refractivity contribution in [3.8, 4) is 11.5 Å². The van der Waals surface area contributed by atoms with Crippen molar-refractivity contribution in [1.82, 2.24) is 5.32 Å². The van der Waals surface area contributed by atoms with Crippen LogP contribution < -0.4 is 20.5 Å². The number of carbonyl (C=O) groups is 1. The van der Waals surface area contributed by atoms with E-state index in [1.165, 1.54) is 13.2 Å². The van der Waals surface area contributed by atoms with Gasteiger partial charge in [-0.3, -0.25) is 14.9 Å². The second kappa shape index (κ2) is 10.5. The first kappa shape index (κ1) is 20.7. The van der Waals surface area contributed by atoms with E-state index in [0.717, 1.165) is 6.42 Å². The summed E-state index contributed by atoms with van der Waals surface area (Å²) in [6.45, 7) is 4.75. The molecule has 25 heavy (non-hydrogen) atoms. The molecule has 0 saturated carbocycles. The molecule has 1 rings (SSSR count). The molecular formula is C17H27N3O5. The minimum Gasteiger partial charge on any atom is -0.493 e. The van der Waals surface area contributed by atoms with Crippen molar-refractivity contribution in [1.29, 1.82) is 0 Å². The Bertz CT molecular complexity index is 592. The number of hydrogen-bond donors (Lipinski definition) is 2. The van der Waals surface area contributed by atoms with Crippen molar-refractivity contribution in [2.75, 3.05) is 20.3 Å². The van der Waals surface area contributed by atoms with Crippen LogP contribution in [-0.2, 0) is 4.79 Å². The fourth-order valence-corrected chi connectivity index (χ4v) is 2.28. The molecule has 0 saturated heterocycles. The third kappa shape index (κ3) is 6.22. The van der Waals surface area contributed by atoms with Gasteiger partial charge in [-0.1, -0.05) is 13.8 Å². The van der Waals surface area contributed by atoms with Gasteiger partial charge < -0.3 is 20.5 Å². The molecule has 0 aliphatic rings. The molecule has 0 spiro atoms. The van der Waals surface area contributed by atoms with Crippen molar-refractivity contribution in [3.63, 3.8) is 0 Å². The van der Waals surface area contributed by atoms with Gasteiger partial charge in [0, 0.05) is 19.0 Å².